The molecule has 1 unspecified atom stereocenters. The van der Waals surface area contributed by atoms with Gasteiger partial charge in [0.05, 0.1) is 0 Å². The van der Waals surface area contributed by atoms with Gasteiger partial charge in [-0.15, -0.1) is 0 Å². The number of hydrogen-bond donors (Lipinski definition) is 1. The van der Waals surface area contributed by atoms with Gasteiger partial charge < -0.3 is 10.2 Å². The molecule has 19 heavy (non-hydrogen) atoms. The highest BCUT2D eigenvalue weighted by Crippen LogP contribution is 2.26. The Bertz CT molecular complexity index is 577. The summed E-state index contributed by atoms with van der Waals surface area (Å²) in [5.74, 6) is 0. The van der Waals surface area contributed by atoms with Crippen molar-refractivity contribution < 1.29 is 0 Å². The highest BCUT2D eigenvalue weighted by Gasteiger charge is 2.21. The Kier molecular flexibility index (Phi) is 3.16. The lowest BCUT2D eigenvalue weighted by atomic mass is 9.98. The van der Waals surface area contributed by atoms with E-state index in [1.807, 2.05) is 0 Å². The molecule has 1 N–H and O–H groups in total. The zero-order chi connectivity index (χ0) is 13.2. The van der Waals surface area contributed by atoms with Crippen LogP contribution in [0.4, 0.5) is 11.4 Å². The molecule has 2 nitrogen and oxygen atoms in total. The van der Waals surface area contributed by atoms with E-state index in [0.717, 1.165) is 13.0 Å². The Morgan fingerprint density at radius 2 is 1.95 bits per heavy atom. The molecular weight excluding hydrogens is 232 g/mol. The van der Waals surface area contributed by atoms with Crippen LogP contribution in [-0.2, 0) is 6.42 Å². The molecular formula is C17H20N2. The Hall–Kier alpha value is -1.96. The summed E-state index contributed by atoms with van der Waals surface area (Å²) in [6.07, 6.45) is 1.10. The van der Waals surface area contributed by atoms with Crippen molar-refractivity contribution in [2.24, 2.45) is 0 Å². The van der Waals surface area contributed by atoms with E-state index in [0.29, 0.717) is 6.04 Å². The molecule has 3 rings (SSSR count). The van der Waals surface area contributed by atoms with E-state index in [1.165, 1.54) is 22.5 Å². The minimum Gasteiger partial charge on any atom is -0.383 e. The number of fused-ring (bicyclic) bond motifs is 1. The summed E-state index contributed by atoms with van der Waals surface area (Å²) in [5, 5.41) is 3.54. The van der Waals surface area contributed by atoms with Gasteiger partial charge in [-0.2, -0.15) is 0 Å². The van der Waals surface area contributed by atoms with Crippen LogP contribution in [-0.4, -0.2) is 19.6 Å². The van der Waals surface area contributed by atoms with Crippen LogP contribution in [0.1, 0.15) is 11.1 Å². The Morgan fingerprint density at radius 3 is 2.79 bits per heavy atom. The largest absolute Gasteiger partial charge is 0.383 e. The van der Waals surface area contributed by atoms with Crippen molar-refractivity contribution in [1.29, 1.82) is 0 Å². The molecule has 98 valence electrons. The van der Waals surface area contributed by atoms with Crippen molar-refractivity contribution in [1.82, 2.24) is 0 Å². The minimum atomic E-state index is 0.511. The second-order valence-electron chi connectivity index (χ2n) is 5.35. The number of nitrogens with one attached hydrogen (secondary N) is 1. The molecule has 2 aromatic rings. The van der Waals surface area contributed by atoms with Crippen molar-refractivity contribution in [2.75, 3.05) is 23.8 Å². The summed E-state index contributed by atoms with van der Waals surface area (Å²) in [6.45, 7) is 3.15. The fraction of sp³-hybridized carbons (Fsp3) is 0.294. The first-order valence-electron chi connectivity index (χ1n) is 6.85. The number of rotatable bonds is 2. The van der Waals surface area contributed by atoms with Gasteiger partial charge in [-0.1, -0.05) is 30.3 Å². The molecule has 0 radical (unpaired) electrons. The third-order valence-corrected chi connectivity index (χ3v) is 3.96. The molecule has 0 saturated heterocycles. The Morgan fingerprint density at radius 1 is 1.11 bits per heavy atom. The Balaban J connectivity index is 1.81. The average Bonchev–Trinajstić information content (AvgIpc) is 2.46. The number of nitrogens with zero attached hydrogens (tertiary/aromatic N) is 1. The smallest absolute Gasteiger partial charge is 0.0500 e. The minimum absolute atomic E-state index is 0.511. The number of aryl methyl sites for hydroxylation is 1. The van der Waals surface area contributed by atoms with Gasteiger partial charge in [0, 0.05) is 31.0 Å². The first kappa shape index (κ1) is 12.1. The van der Waals surface area contributed by atoms with Crippen LogP contribution < -0.4 is 10.2 Å². The summed E-state index contributed by atoms with van der Waals surface area (Å²) in [4.78, 5) is 2.38. The maximum atomic E-state index is 3.54. The summed E-state index contributed by atoms with van der Waals surface area (Å²) >= 11 is 0. The van der Waals surface area contributed by atoms with Crippen LogP contribution in [0.3, 0.4) is 0 Å². The van der Waals surface area contributed by atoms with Gasteiger partial charge in [0.25, 0.3) is 0 Å². The third kappa shape index (κ3) is 2.43. The predicted octanol–water partition coefficient (Wildman–Crippen LogP) is 3.47. The molecule has 0 amide bonds. The van der Waals surface area contributed by atoms with E-state index in [4.69, 9.17) is 0 Å². The van der Waals surface area contributed by atoms with E-state index < -0.39 is 0 Å². The SMILES string of the molecule is Cc1cccc(N(C)C2CNc3ccccc3C2)c1. The lowest BCUT2D eigenvalue weighted by Gasteiger charge is -2.34. The lowest BCUT2D eigenvalue weighted by molar-refractivity contribution is 0.635. The molecule has 1 atom stereocenters. The van der Waals surface area contributed by atoms with Crippen molar-refractivity contribution in [3.8, 4) is 0 Å². The zero-order valence-electron chi connectivity index (χ0n) is 11.6. The second kappa shape index (κ2) is 4.96. The fourth-order valence-corrected chi connectivity index (χ4v) is 2.76. The Labute approximate surface area is 115 Å². The van der Waals surface area contributed by atoms with Gasteiger partial charge in [0.1, 0.15) is 0 Å². The number of hydrogen-bond acceptors (Lipinski definition) is 2. The highest BCUT2D eigenvalue weighted by molar-refractivity contribution is 5.56. The molecule has 0 aromatic heterocycles. The van der Waals surface area contributed by atoms with Crippen LogP contribution in [0.2, 0.25) is 0 Å². The van der Waals surface area contributed by atoms with Crippen molar-refractivity contribution >= 4 is 11.4 Å². The number of para-hydroxylation sites is 1. The molecule has 0 aliphatic carbocycles. The number of benzene rings is 2. The summed E-state index contributed by atoms with van der Waals surface area (Å²) in [6, 6.07) is 17.8. The van der Waals surface area contributed by atoms with Gasteiger partial charge in [-0.05, 0) is 42.7 Å². The lowest BCUT2D eigenvalue weighted by Crippen LogP contribution is -2.41. The molecule has 1 aliphatic heterocycles. The fourth-order valence-electron chi connectivity index (χ4n) is 2.76. The van der Waals surface area contributed by atoms with Crippen LogP contribution in [0.15, 0.2) is 48.5 Å². The van der Waals surface area contributed by atoms with E-state index >= 15 is 0 Å². The van der Waals surface area contributed by atoms with Crippen molar-refractivity contribution in [2.45, 2.75) is 19.4 Å². The summed E-state index contributed by atoms with van der Waals surface area (Å²) in [7, 11) is 2.19. The van der Waals surface area contributed by atoms with Crippen molar-refractivity contribution in [3.63, 3.8) is 0 Å². The molecule has 1 heterocycles. The van der Waals surface area contributed by atoms with Crippen LogP contribution in [0, 0.1) is 6.92 Å². The molecule has 2 heteroatoms. The molecule has 0 spiro atoms. The maximum Gasteiger partial charge on any atom is 0.0500 e. The van der Waals surface area contributed by atoms with Crippen LogP contribution in [0.25, 0.3) is 0 Å². The molecule has 1 aliphatic rings. The normalized spacial score (nSPS) is 17.5. The molecule has 0 bridgehead atoms. The zero-order valence-corrected chi connectivity index (χ0v) is 11.6. The summed E-state index contributed by atoms with van der Waals surface area (Å²) < 4.78 is 0. The number of likely N-dealkylation sites (N-methyl/N-ethyl adjacent to an activating group) is 1. The molecule has 0 fully saturated rings. The summed E-state index contributed by atoms with van der Waals surface area (Å²) in [5.41, 5.74) is 5.31. The van der Waals surface area contributed by atoms with Crippen molar-refractivity contribution in [3.05, 3.63) is 59.7 Å². The van der Waals surface area contributed by atoms with Crippen LogP contribution >= 0.6 is 0 Å². The second-order valence-corrected chi connectivity index (χ2v) is 5.35. The predicted molar refractivity (Wildman–Crippen MR) is 82.0 cm³/mol. The molecule has 2 aromatic carbocycles. The average molecular weight is 252 g/mol. The van der Waals surface area contributed by atoms with Gasteiger partial charge in [-0.3, -0.25) is 0 Å². The third-order valence-electron chi connectivity index (χ3n) is 3.96. The first-order valence-corrected chi connectivity index (χ1v) is 6.85. The highest BCUT2D eigenvalue weighted by atomic mass is 15.2. The number of anilines is 2. The van der Waals surface area contributed by atoms with E-state index in [2.05, 4.69) is 72.7 Å². The van der Waals surface area contributed by atoms with Gasteiger partial charge in [-0.25, -0.2) is 0 Å². The topological polar surface area (TPSA) is 15.3 Å². The van der Waals surface area contributed by atoms with E-state index in [-0.39, 0.29) is 0 Å². The maximum absolute atomic E-state index is 3.54. The van der Waals surface area contributed by atoms with E-state index in [1.54, 1.807) is 0 Å². The van der Waals surface area contributed by atoms with Gasteiger partial charge >= 0.3 is 0 Å². The quantitative estimate of drug-likeness (QED) is 0.880. The van der Waals surface area contributed by atoms with Gasteiger partial charge in [0.2, 0.25) is 0 Å². The standard InChI is InChI=1S/C17H20N2/c1-13-6-5-8-15(10-13)19(2)16-11-14-7-3-4-9-17(14)18-12-16/h3-10,16,18H,11-12H2,1-2H3. The first-order chi connectivity index (χ1) is 9.24. The monoisotopic (exact) mass is 252 g/mol. The van der Waals surface area contributed by atoms with Crippen LogP contribution in [0.5, 0.6) is 0 Å². The van der Waals surface area contributed by atoms with Gasteiger partial charge in [0.15, 0.2) is 0 Å². The molecule has 0 saturated carbocycles. The van der Waals surface area contributed by atoms with E-state index in [9.17, 15) is 0 Å².